The van der Waals surface area contributed by atoms with Crippen LogP contribution in [0.3, 0.4) is 0 Å². The van der Waals surface area contributed by atoms with Crippen molar-refractivity contribution in [3.05, 3.63) is 108 Å². The third-order valence-electron chi connectivity index (χ3n) is 5.67. The van der Waals surface area contributed by atoms with Crippen LogP contribution in [0.1, 0.15) is 37.0 Å². The zero-order valence-electron chi connectivity index (χ0n) is 18.9. The molecule has 0 fully saturated rings. The van der Waals surface area contributed by atoms with Gasteiger partial charge in [-0.05, 0) is 30.0 Å². The summed E-state index contributed by atoms with van der Waals surface area (Å²) in [6.45, 7) is 4.42. The van der Waals surface area contributed by atoms with Crippen LogP contribution >= 0.6 is 0 Å². The van der Waals surface area contributed by atoms with Crippen molar-refractivity contribution in [1.29, 1.82) is 0 Å². The second kappa shape index (κ2) is 11.8. The fourth-order valence-electron chi connectivity index (χ4n) is 3.65. The first kappa shape index (κ1) is 23.3. The predicted octanol–water partition coefficient (Wildman–Crippen LogP) is 4.78. The number of nitrogens with zero attached hydrogens (tertiary/aromatic N) is 1. The van der Waals surface area contributed by atoms with Crippen LogP contribution in [-0.4, -0.2) is 28.8 Å². The molecule has 0 aliphatic carbocycles. The lowest BCUT2D eigenvalue weighted by atomic mass is 10.0. The second-order valence-corrected chi connectivity index (χ2v) is 8.19. The summed E-state index contributed by atoms with van der Waals surface area (Å²) < 4.78 is 0. The van der Waals surface area contributed by atoms with Gasteiger partial charge in [0.25, 0.3) is 0 Å². The summed E-state index contributed by atoms with van der Waals surface area (Å²) in [7, 11) is 0. The Kier molecular flexibility index (Phi) is 8.61. The Morgan fingerprint density at radius 1 is 0.781 bits per heavy atom. The maximum atomic E-state index is 13.6. The number of amides is 2. The molecule has 0 bridgehead atoms. The Hall–Kier alpha value is -3.40. The van der Waals surface area contributed by atoms with Gasteiger partial charge in [-0.15, -0.1) is 0 Å². The van der Waals surface area contributed by atoms with E-state index >= 15 is 0 Å². The summed E-state index contributed by atoms with van der Waals surface area (Å²) in [5.41, 5.74) is 2.97. The number of benzene rings is 3. The molecule has 0 unspecified atom stereocenters. The van der Waals surface area contributed by atoms with Crippen molar-refractivity contribution in [3.63, 3.8) is 0 Å². The molecule has 0 radical (unpaired) electrons. The largest absolute Gasteiger partial charge is 0.352 e. The Morgan fingerprint density at radius 2 is 1.28 bits per heavy atom. The second-order valence-electron chi connectivity index (χ2n) is 8.19. The van der Waals surface area contributed by atoms with E-state index < -0.39 is 6.04 Å². The molecule has 3 aromatic carbocycles. The highest BCUT2D eigenvalue weighted by Gasteiger charge is 2.30. The van der Waals surface area contributed by atoms with Gasteiger partial charge in [-0.25, -0.2) is 0 Å². The number of nitrogens with one attached hydrogen (secondary N) is 1. The minimum Gasteiger partial charge on any atom is -0.352 e. The Bertz CT molecular complexity index is 974. The maximum Gasteiger partial charge on any atom is 0.243 e. The highest BCUT2D eigenvalue weighted by Crippen LogP contribution is 2.17. The van der Waals surface area contributed by atoms with E-state index in [9.17, 15) is 9.59 Å². The van der Waals surface area contributed by atoms with Gasteiger partial charge in [0.15, 0.2) is 0 Å². The minimum absolute atomic E-state index is 0.0450. The van der Waals surface area contributed by atoms with Gasteiger partial charge in [-0.1, -0.05) is 97.9 Å². The van der Waals surface area contributed by atoms with Gasteiger partial charge in [-0.3, -0.25) is 9.59 Å². The maximum absolute atomic E-state index is 13.6. The summed E-state index contributed by atoms with van der Waals surface area (Å²) in [5.74, 6) is -0.166. The van der Waals surface area contributed by atoms with Crippen molar-refractivity contribution >= 4 is 11.8 Å². The number of rotatable bonds is 10. The number of carbonyl (C=O) groups excluding carboxylic acids is 2. The van der Waals surface area contributed by atoms with E-state index in [0.29, 0.717) is 13.0 Å². The van der Waals surface area contributed by atoms with Crippen LogP contribution in [0.15, 0.2) is 91.0 Å². The molecule has 4 nitrogen and oxygen atoms in total. The zero-order chi connectivity index (χ0) is 22.8. The quantitative estimate of drug-likeness (QED) is 0.505. The molecule has 0 saturated carbocycles. The average molecular weight is 429 g/mol. The topological polar surface area (TPSA) is 49.4 Å². The van der Waals surface area contributed by atoms with Crippen LogP contribution in [0.5, 0.6) is 0 Å². The molecule has 3 rings (SSSR count). The van der Waals surface area contributed by atoms with Crippen molar-refractivity contribution in [2.45, 2.75) is 51.7 Å². The van der Waals surface area contributed by atoms with E-state index in [-0.39, 0.29) is 24.3 Å². The summed E-state index contributed by atoms with van der Waals surface area (Å²) in [6.07, 6.45) is 1.56. The van der Waals surface area contributed by atoms with E-state index in [1.807, 2.05) is 105 Å². The molecule has 0 aliphatic heterocycles. The van der Waals surface area contributed by atoms with Gasteiger partial charge in [0.2, 0.25) is 11.8 Å². The monoisotopic (exact) mass is 428 g/mol. The molecule has 3 aromatic rings. The van der Waals surface area contributed by atoms with E-state index in [0.717, 1.165) is 23.1 Å². The van der Waals surface area contributed by atoms with Crippen LogP contribution in [-0.2, 0) is 29.0 Å². The highest BCUT2D eigenvalue weighted by atomic mass is 16.2. The molecule has 0 spiro atoms. The van der Waals surface area contributed by atoms with Gasteiger partial charge >= 0.3 is 0 Å². The third-order valence-corrected chi connectivity index (χ3v) is 5.67. The van der Waals surface area contributed by atoms with Crippen LogP contribution < -0.4 is 5.32 Å². The number of carbonyl (C=O) groups is 2. The van der Waals surface area contributed by atoms with Gasteiger partial charge < -0.3 is 10.2 Å². The molecular weight excluding hydrogens is 396 g/mol. The van der Waals surface area contributed by atoms with Crippen LogP contribution in [0.2, 0.25) is 0 Å². The van der Waals surface area contributed by atoms with Crippen molar-refractivity contribution in [1.82, 2.24) is 10.2 Å². The lowest BCUT2D eigenvalue weighted by molar-refractivity contribution is -0.141. The third kappa shape index (κ3) is 6.81. The first-order valence-electron chi connectivity index (χ1n) is 11.3. The molecule has 166 valence electrons. The standard InChI is InChI=1S/C28H32N2O2/c1-3-22(2)29-28(32)26(19-23-13-7-4-8-14-23)30(21-25-17-11-6-12-18-25)27(31)20-24-15-9-5-10-16-24/h4-18,22,26H,3,19-21H2,1-2H3,(H,29,32)/t22-,26-/m1/s1. The average Bonchev–Trinajstić information content (AvgIpc) is 2.83. The molecule has 2 atom stereocenters. The molecule has 0 saturated heterocycles. The smallest absolute Gasteiger partial charge is 0.243 e. The first-order chi connectivity index (χ1) is 15.6. The van der Waals surface area contributed by atoms with Crippen molar-refractivity contribution in [3.8, 4) is 0 Å². The van der Waals surface area contributed by atoms with E-state index in [1.165, 1.54) is 0 Å². The van der Waals surface area contributed by atoms with Crippen molar-refractivity contribution in [2.24, 2.45) is 0 Å². The molecule has 4 heteroatoms. The van der Waals surface area contributed by atoms with E-state index in [4.69, 9.17) is 0 Å². The molecule has 2 amide bonds. The summed E-state index contributed by atoms with van der Waals surface area (Å²) in [5, 5.41) is 3.10. The van der Waals surface area contributed by atoms with Gasteiger partial charge in [-0.2, -0.15) is 0 Å². The van der Waals surface area contributed by atoms with Gasteiger partial charge in [0.05, 0.1) is 6.42 Å². The fourth-order valence-corrected chi connectivity index (χ4v) is 3.65. The highest BCUT2D eigenvalue weighted by molar-refractivity contribution is 5.89. The lowest BCUT2D eigenvalue weighted by Gasteiger charge is -2.32. The Morgan fingerprint density at radius 3 is 1.81 bits per heavy atom. The summed E-state index contributed by atoms with van der Waals surface area (Å²) >= 11 is 0. The Balaban J connectivity index is 1.93. The number of hydrogen-bond acceptors (Lipinski definition) is 2. The molecule has 32 heavy (non-hydrogen) atoms. The molecular formula is C28H32N2O2. The van der Waals surface area contributed by atoms with E-state index in [2.05, 4.69) is 5.32 Å². The molecule has 0 aromatic heterocycles. The van der Waals surface area contributed by atoms with Crippen LogP contribution in [0, 0.1) is 0 Å². The first-order valence-corrected chi connectivity index (χ1v) is 11.3. The van der Waals surface area contributed by atoms with E-state index in [1.54, 1.807) is 4.90 Å². The number of hydrogen-bond donors (Lipinski definition) is 1. The summed E-state index contributed by atoms with van der Waals surface area (Å²) in [6, 6.07) is 28.9. The van der Waals surface area contributed by atoms with Crippen LogP contribution in [0.25, 0.3) is 0 Å². The van der Waals surface area contributed by atoms with Gasteiger partial charge in [0, 0.05) is 19.0 Å². The van der Waals surface area contributed by atoms with Crippen LogP contribution in [0.4, 0.5) is 0 Å². The zero-order valence-corrected chi connectivity index (χ0v) is 18.9. The van der Waals surface area contributed by atoms with Crippen molar-refractivity contribution < 1.29 is 9.59 Å². The van der Waals surface area contributed by atoms with Crippen molar-refractivity contribution in [2.75, 3.05) is 0 Å². The minimum atomic E-state index is -0.595. The lowest BCUT2D eigenvalue weighted by Crippen LogP contribution is -2.52. The van der Waals surface area contributed by atoms with Gasteiger partial charge in [0.1, 0.15) is 6.04 Å². The predicted molar refractivity (Wildman–Crippen MR) is 129 cm³/mol. The molecule has 1 N–H and O–H groups in total. The Labute approximate surface area is 191 Å². The molecule has 0 aliphatic rings. The normalized spacial score (nSPS) is 12.6. The summed E-state index contributed by atoms with van der Waals surface area (Å²) in [4.78, 5) is 28.7. The fraction of sp³-hybridized carbons (Fsp3) is 0.286. The molecule has 0 heterocycles. The SMILES string of the molecule is CC[C@@H](C)NC(=O)[C@@H](Cc1ccccc1)N(Cc1ccccc1)C(=O)Cc1ccccc1.